The summed E-state index contributed by atoms with van der Waals surface area (Å²) in [6, 6.07) is 9.10. The summed E-state index contributed by atoms with van der Waals surface area (Å²) in [5.74, 6) is 0. The van der Waals surface area contributed by atoms with Crippen LogP contribution in [0.4, 0.5) is 0 Å². The van der Waals surface area contributed by atoms with Gasteiger partial charge in [0.1, 0.15) is 0 Å². The van der Waals surface area contributed by atoms with Crippen molar-refractivity contribution >= 4 is 15.4 Å². The molecule has 0 unspecified atom stereocenters. The number of hydrogen-bond donors (Lipinski definition) is 0. The van der Waals surface area contributed by atoms with Crippen LogP contribution in [0, 0.1) is 0 Å². The molecular formula is C17H27O3Si. The summed E-state index contributed by atoms with van der Waals surface area (Å²) >= 11 is 0. The van der Waals surface area contributed by atoms with Crippen molar-refractivity contribution in [2.75, 3.05) is 19.8 Å². The zero-order valence-electron chi connectivity index (χ0n) is 13.3. The van der Waals surface area contributed by atoms with Gasteiger partial charge in [0.05, 0.1) is 6.61 Å². The summed E-state index contributed by atoms with van der Waals surface area (Å²) in [6.07, 6.45) is 3.90. The number of rotatable bonds is 12. The second-order valence-electron chi connectivity index (χ2n) is 4.82. The minimum absolute atomic E-state index is 0.623. The second kappa shape index (κ2) is 11.7. The molecule has 21 heavy (non-hydrogen) atoms. The van der Waals surface area contributed by atoms with Crippen molar-refractivity contribution < 1.29 is 13.6 Å². The summed E-state index contributed by atoms with van der Waals surface area (Å²) in [5, 5.41) is 0. The molecular weight excluding hydrogens is 280 g/mol. The lowest BCUT2D eigenvalue weighted by molar-refractivity contribution is 0.121. The van der Waals surface area contributed by atoms with E-state index in [4.69, 9.17) is 13.6 Å². The van der Waals surface area contributed by atoms with Crippen LogP contribution in [0.2, 0.25) is 6.04 Å². The van der Waals surface area contributed by atoms with E-state index in [-0.39, 0.29) is 0 Å². The van der Waals surface area contributed by atoms with E-state index < -0.39 is 9.28 Å². The van der Waals surface area contributed by atoms with E-state index in [1.807, 2.05) is 18.2 Å². The first-order chi connectivity index (χ1) is 10.3. The third kappa shape index (κ3) is 8.17. The fraction of sp³-hybridized carbons (Fsp3) is 0.529. The molecule has 4 heteroatoms. The average Bonchev–Trinajstić information content (AvgIpc) is 2.53. The Bertz CT molecular complexity index is 387. The fourth-order valence-corrected chi connectivity index (χ4v) is 3.32. The van der Waals surface area contributed by atoms with Gasteiger partial charge in [-0.15, -0.1) is 0 Å². The van der Waals surface area contributed by atoms with E-state index in [9.17, 15) is 0 Å². The molecule has 0 heterocycles. The average molecular weight is 307 g/mol. The molecule has 1 aromatic rings. The number of hydrogen-bond acceptors (Lipinski definition) is 3. The molecule has 0 saturated heterocycles. The number of ether oxygens (including phenoxy) is 1. The van der Waals surface area contributed by atoms with E-state index in [1.54, 1.807) is 0 Å². The van der Waals surface area contributed by atoms with Crippen molar-refractivity contribution in [2.24, 2.45) is 0 Å². The largest absolute Gasteiger partial charge is 0.393 e. The summed E-state index contributed by atoms with van der Waals surface area (Å²) in [6.45, 7) is 10.9. The van der Waals surface area contributed by atoms with Crippen molar-refractivity contribution in [2.45, 2.75) is 39.3 Å². The molecule has 0 aliphatic rings. The van der Waals surface area contributed by atoms with Crippen molar-refractivity contribution in [3.05, 3.63) is 42.0 Å². The summed E-state index contributed by atoms with van der Waals surface area (Å²) in [7, 11) is -1.18. The van der Waals surface area contributed by atoms with Crippen LogP contribution in [0.1, 0.15) is 37.8 Å². The highest BCUT2D eigenvalue weighted by molar-refractivity contribution is 6.44. The van der Waals surface area contributed by atoms with E-state index in [0.717, 1.165) is 37.7 Å². The maximum atomic E-state index is 5.77. The monoisotopic (exact) mass is 307 g/mol. The topological polar surface area (TPSA) is 27.7 Å². The molecule has 0 fully saturated rings. The van der Waals surface area contributed by atoms with Gasteiger partial charge in [0.15, 0.2) is 0 Å². The first-order valence-electron chi connectivity index (χ1n) is 7.70. The zero-order chi connectivity index (χ0) is 15.3. The highest BCUT2D eigenvalue weighted by Gasteiger charge is 2.15. The third-order valence-corrected chi connectivity index (χ3v) is 4.50. The Balaban J connectivity index is 2.27. The lowest BCUT2D eigenvalue weighted by Crippen LogP contribution is -2.25. The Labute approximate surface area is 130 Å². The van der Waals surface area contributed by atoms with Crippen LogP contribution in [-0.4, -0.2) is 29.1 Å². The minimum Gasteiger partial charge on any atom is -0.393 e. The molecule has 0 spiro atoms. The van der Waals surface area contributed by atoms with Crippen LogP contribution in [-0.2, 0) is 20.2 Å². The summed E-state index contributed by atoms with van der Waals surface area (Å²) < 4.78 is 17.3. The van der Waals surface area contributed by atoms with Crippen LogP contribution in [0.3, 0.4) is 0 Å². The Morgan fingerprint density at radius 1 is 1.10 bits per heavy atom. The van der Waals surface area contributed by atoms with Crippen LogP contribution < -0.4 is 0 Å². The van der Waals surface area contributed by atoms with Crippen LogP contribution in [0.25, 0.3) is 6.08 Å². The quantitative estimate of drug-likeness (QED) is 0.428. The predicted molar refractivity (Wildman–Crippen MR) is 89.2 cm³/mol. The Morgan fingerprint density at radius 3 is 2.43 bits per heavy atom. The highest BCUT2D eigenvalue weighted by atomic mass is 28.3. The molecule has 0 N–H and O–H groups in total. The Hall–Kier alpha value is -0.943. The predicted octanol–water partition coefficient (Wildman–Crippen LogP) is 4.19. The molecule has 1 rings (SSSR count). The van der Waals surface area contributed by atoms with E-state index >= 15 is 0 Å². The van der Waals surface area contributed by atoms with Gasteiger partial charge in [-0.25, -0.2) is 0 Å². The lowest BCUT2D eigenvalue weighted by Gasteiger charge is -2.14. The maximum Gasteiger partial charge on any atom is 0.386 e. The molecule has 0 bridgehead atoms. The zero-order valence-corrected chi connectivity index (χ0v) is 14.3. The Morgan fingerprint density at radius 2 is 1.81 bits per heavy atom. The Kier molecular flexibility index (Phi) is 10.1. The van der Waals surface area contributed by atoms with Crippen molar-refractivity contribution in [3.8, 4) is 0 Å². The third-order valence-electron chi connectivity index (χ3n) is 2.84. The lowest BCUT2D eigenvalue weighted by atomic mass is 10.1. The van der Waals surface area contributed by atoms with Crippen LogP contribution in [0.15, 0.2) is 30.8 Å². The fourth-order valence-electron chi connectivity index (χ4n) is 1.77. The van der Waals surface area contributed by atoms with E-state index in [0.29, 0.717) is 13.2 Å². The normalized spacial score (nSPS) is 11.0. The van der Waals surface area contributed by atoms with Gasteiger partial charge in [-0.05, 0) is 30.0 Å². The first-order valence-corrected chi connectivity index (χ1v) is 9.23. The standard InChI is InChI=1S/C17H27O3Si/c1-4-10-19-21(20-11-5-2)13-12-18-15-17-9-7-8-16(6-3)14-17/h6-9,14H,3-5,10-13,15H2,1-2H3. The van der Waals surface area contributed by atoms with Gasteiger partial charge in [-0.2, -0.15) is 0 Å². The smallest absolute Gasteiger partial charge is 0.386 e. The molecule has 3 nitrogen and oxygen atoms in total. The van der Waals surface area contributed by atoms with Crippen molar-refractivity contribution in [3.63, 3.8) is 0 Å². The van der Waals surface area contributed by atoms with Crippen molar-refractivity contribution in [1.29, 1.82) is 0 Å². The molecule has 0 atom stereocenters. The molecule has 0 amide bonds. The molecule has 0 aliphatic carbocycles. The maximum absolute atomic E-state index is 5.77. The molecule has 1 aromatic carbocycles. The molecule has 0 aliphatic heterocycles. The van der Waals surface area contributed by atoms with Gasteiger partial charge in [-0.1, -0.05) is 44.7 Å². The van der Waals surface area contributed by atoms with Gasteiger partial charge < -0.3 is 13.6 Å². The molecule has 1 radical (unpaired) electrons. The molecule has 117 valence electrons. The van der Waals surface area contributed by atoms with Gasteiger partial charge >= 0.3 is 9.28 Å². The van der Waals surface area contributed by atoms with Crippen LogP contribution >= 0.6 is 0 Å². The van der Waals surface area contributed by atoms with Gasteiger partial charge in [0.2, 0.25) is 0 Å². The van der Waals surface area contributed by atoms with Gasteiger partial charge in [0.25, 0.3) is 0 Å². The highest BCUT2D eigenvalue weighted by Crippen LogP contribution is 2.08. The van der Waals surface area contributed by atoms with Crippen molar-refractivity contribution in [1.82, 2.24) is 0 Å². The number of benzene rings is 1. The van der Waals surface area contributed by atoms with Gasteiger partial charge in [-0.3, -0.25) is 0 Å². The summed E-state index contributed by atoms with van der Waals surface area (Å²) in [5.41, 5.74) is 2.29. The van der Waals surface area contributed by atoms with Gasteiger partial charge in [0, 0.05) is 25.9 Å². The first kappa shape index (κ1) is 18.1. The molecule has 0 aromatic heterocycles. The van der Waals surface area contributed by atoms with E-state index in [1.165, 1.54) is 5.56 Å². The summed E-state index contributed by atoms with van der Waals surface area (Å²) in [4.78, 5) is 0. The minimum atomic E-state index is -1.18. The van der Waals surface area contributed by atoms with E-state index in [2.05, 4.69) is 32.6 Å². The molecule has 0 saturated carbocycles. The SMILES string of the molecule is C=Cc1cccc(COCC[Si](OCCC)OCCC)c1. The van der Waals surface area contributed by atoms with Crippen LogP contribution in [0.5, 0.6) is 0 Å². The second-order valence-corrected chi connectivity index (χ2v) is 6.64.